The summed E-state index contributed by atoms with van der Waals surface area (Å²) in [6.45, 7) is 2.15. The van der Waals surface area contributed by atoms with Crippen molar-refractivity contribution < 1.29 is 9.53 Å². The minimum absolute atomic E-state index is 0. The topological polar surface area (TPSA) is 26.3 Å². The molecule has 0 spiro atoms. The molecular formula is C4H8ClNaO2. The molecule has 0 saturated carbocycles. The number of hydrogen-bond donors (Lipinski definition) is 0. The molecular weight excluding hydrogens is 138 g/mol. The Bertz CT molecular complexity index is 67.1. The van der Waals surface area contributed by atoms with E-state index in [2.05, 4.69) is 4.74 Å². The van der Waals surface area contributed by atoms with E-state index in [1.807, 2.05) is 0 Å². The molecule has 0 aliphatic heterocycles. The van der Waals surface area contributed by atoms with Crippen molar-refractivity contribution in [3.05, 3.63) is 0 Å². The summed E-state index contributed by atoms with van der Waals surface area (Å²) in [6, 6.07) is 0. The van der Waals surface area contributed by atoms with Crippen LogP contribution >= 0.6 is 11.6 Å². The maximum atomic E-state index is 10.1. The van der Waals surface area contributed by atoms with E-state index in [9.17, 15) is 4.79 Å². The Balaban J connectivity index is 0. The van der Waals surface area contributed by atoms with Crippen LogP contribution < -0.4 is 0 Å². The summed E-state index contributed by atoms with van der Waals surface area (Å²) < 4.78 is 4.42. The second-order valence-corrected chi connectivity index (χ2v) is 1.21. The van der Waals surface area contributed by atoms with Crippen LogP contribution in [0.4, 0.5) is 0 Å². The number of ether oxygens (including phenoxy) is 1. The molecule has 0 aliphatic carbocycles. The van der Waals surface area contributed by atoms with Gasteiger partial charge in [0.15, 0.2) is 0 Å². The first-order valence-corrected chi connectivity index (χ1v) is 2.56. The monoisotopic (exact) mass is 146 g/mol. The SMILES string of the molecule is CCOC(=O)CCl.[NaH]. The first-order chi connectivity index (χ1) is 3.31. The van der Waals surface area contributed by atoms with E-state index in [4.69, 9.17) is 11.6 Å². The Kier molecular flexibility index (Phi) is 11.2. The maximum absolute atomic E-state index is 10.1. The van der Waals surface area contributed by atoms with Gasteiger partial charge in [-0.05, 0) is 6.92 Å². The second kappa shape index (κ2) is 7.76. The van der Waals surface area contributed by atoms with Gasteiger partial charge < -0.3 is 4.74 Å². The number of carbonyl (C=O) groups excluding carboxylic acids is 1. The normalized spacial score (nSPS) is 7.25. The van der Waals surface area contributed by atoms with Gasteiger partial charge in [0.1, 0.15) is 5.88 Å². The number of esters is 1. The van der Waals surface area contributed by atoms with Crippen molar-refractivity contribution in [3.8, 4) is 0 Å². The van der Waals surface area contributed by atoms with Gasteiger partial charge in [-0.15, -0.1) is 11.6 Å². The predicted octanol–water partition coefficient (Wildman–Crippen LogP) is 0.140. The average Bonchev–Trinajstić information content (AvgIpc) is 1.68. The molecule has 0 aromatic heterocycles. The summed E-state index contributed by atoms with van der Waals surface area (Å²) in [4.78, 5) is 10.1. The van der Waals surface area contributed by atoms with Gasteiger partial charge in [0.05, 0.1) is 6.61 Å². The van der Waals surface area contributed by atoms with E-state index in [0.717, 1.165) is 0 Å². The first kappa shape index (κ1) is 11.5. The van der Waals surface area contributed by atoms with Crippen molar-refractivity contribution >= 4 is 47.1 Å². The van der Waals surface area contributed by atoms with Gasteiger partial charge in [-0.2, -0.15) is 0 Å². The molecule has 0 rings (SSSR count). The predicted molar refractivity (Wildman–Crippen MR) is 34.5 cm³/mol. The van der Waals surface area contributed by atoms with Gasteiger partial charge in [0.2, 0.25) is 0 Å². The molecule has 0 unspecified atom stereocenters. The fourth-order valence-electron chi connectivity index (χ4n) is 0.200. The van der Waals surface area contributed by atoms with Gasteiger partial charge in [0.25, 0.3) is 0 Å². The standard InChI is InChI=1S/C4H7ClO2.Na.H/c1-2-7-4(6)3-5;;/h2-3H2,1H3;;. The molecule has 0 atom stereocenters. The van der Waals surface area contributed by atoms with E-state index >= 15 is 0 Å². The van der Waals surface area contributed by atoms with Gasteiger partial charge in [-0.3, -0.25) is 4.79 Å². The van der Waals surface area contributed by atoms with Crippen molar-refractivity contribution in [2.24, 2.45) is 0 Å². The Morgan fingerprint density at radius 1 is 1.75 bits per heavy atom. The number of rotatable bonds is 2. The second-order valence-electron chi connectivity index (χ2n) is 0.939. The molecule has 2 nitrogen and oxygen atoms in total. The fourth-order valence-corrected chi connectivity index (χ4v) is 0.277. The summed E-state index contributed by atoms with van der Waals surface area (Å²) >= 11 is 5.06. The van der Waals surface area contributed by atoms with Gasteiger partial charge in [-0.25, -0.2) is 0 Å². The van der Waals surface area contributed by atoms with Crippen LogP contribution in [0.5, 0.6) is 0 Å². The van der Waals surface area contributed by atoms with E-state index < -0.39 is 0 Å². The molecule has 0 aliphatic rings. The molecule has 4 heteroatoms. The molecule has 8 heavy (non-hydrogen) atoms. The molecule has 0 saturated heterocycles. The van der Waals surface area contributed by atoms with Crippen LogP contribution in [0, 0.1) is 0 Å². The fraction of sp³-hybridized carbons (Fsp3) is 0.750. The van der Waals surface area contributed by atoms with Crippen molar-refractivity contribution in [1.82, 2.24) is 0 Å². The van der Waals surface area contributed by atoms with Crippen molar-refractivity contribution in [2.45, 2.75) is 6.92 Å². The zero-order valence-electron chi connectivity index (χ0n) is 4.11. The van der Waals surface area contributed by atoms with E-state index in [1.54, 1.807) is 6.92 Å². The number of alkyl halides is 1. The van der Waals surface area contributed by atoms with Crippen LogP contribution in [0.1, 0.15) is 6.92 Å². The third-order valence-corrected chi connectivity index (χ3v) is 0.633. The summed E-state index contributed by atoms with van der Waals surface area (Å²) in [7, 11) is 0. The Labute approximate surface area is 75.8 Å². The van der Waals surface area contributed by atoms with Crippen LogP contribution in [0.3, 0.4) is 0 Å². The summed E-state index contributed by atoms with van der Waals surface area (Å²) in [5.41, 5.74) is 0. The van der Waals surface area contributed by atoms with E-state index in [-0.39, 0.29) is 41.4 Å². The summed E-state index contributed by atoms with van der Waals surface area (Å²) in [5, 5.41) is 0. The summed E-state index contributed by atoms with van der Waals surface area (Å²) in [5.74, 6) is -0.405. The van der Waals surface area contributed by atoms with E-state index in [0.29, 0.717) is 6.61 Å². The Morgan fingerprint density at radius 2 is 2.25 bits per heavy atom. The number of halogens is 1. The first-order valence-electron chi connectivity index (χ1n) is 2.02. The van der Waals surface area contributed by atoms with Crippen LogP contribution in [0.2, 0.25) is 0 Å². The molecule has 0 aromatic carbocycles. The third-order valence-electron chi connectivity index (χ3n) is 0.414. The molecule has 0 heterocycles. The van der Waals surface area contributed by atoms with E-state index in [1.165, 1.54) is 0 Å². The van der Waals surface area contributed by atoms with Crippen molar-refractivity contribution in [2.75, 3.05) is 12.5 Å². The van der Waals surface area contributed by atoms with Crippen LogP contribution in [0.25, 0.3) is 0 Å². The molecule has 0 bridgehead atoms. The third kappa shape index (κ3) is 6.76. The Hall–Kier alpha value is 0.760. The van der Waals surface area contributed by atoms with Crippen molar-refractivity contribution in [3.63, 3.8) is 0 Å². The molecule has 0 radical (unpaired) electrons. The number of hydrogen-bond acceptors (Lipinski definition) is 2. The summed E-state index contributed by atoms with van der Waals surface area (Å²) in [6.07, 6.45) is 0. The molecule has 0 aromatic rings. The zero-order chi connectivity index (χ0) is 5.70. The van der Waals surface area contributed by atoms with Crippen LogP contribution in [-0.4, -0.2) is 48.0 Å². The molecule has 0 amide bonds. The van der Waals surface area contributed by atoms with Crippen LogP contribution in [0.15, 0.2) is 0 Å². The zero-order valence-corrected chi connectivity index (χ0v) is 4.86. The van der Waals surface area contributed by atoms with Gasteiger partial charge in [0, 0.05) is 0 Å². The van der Waals surface area contributed by atoms with Crippen molar-refractivity contribution in [1.29, 1.82) is 0 Å². The quantitative estimate of drug-likeness (QED) is 0.315. The average molecular weight is 147 g/mol. The van der Waals surface area contributed by atoms with Crippen LogP contribution in [-0.2, 0) is 9.53 Å². The van der Waals surface area contributed by atoms with Gasteiger partial charge >= 0.3 is 35.5 Å². The number of carbonyl (C=O) groups is 1. The molecule has 0 N–H and O–H groups in total. The minimum atomic E-state index is -0.357. The molecule has 0 fully saturated rings. The Morgan fingerprint density at radius 3 is 2.38 bits per heavy atom. The van der Waals surface area contributed by atoms with Gasteiger partial charge in [-0.1, -0.05) is 0 Å². The molecule has 44 valence electrons.